The molecule has 108 valence electrons. The number of benzene rings is 1. The summed E-state index contributed by atoms with van der Waals surface area (Å²) in [6.07, 6.45) is 2.23. The monoisotopic (exact) mass is 289 g/mol. The van der Waals surface area contributed by atoms with Crippen molar-refractivity contribution in [3.05, 3.63) is 52.2 Å². The van der Waals surface area contributed by atoms with Crippen LogP contribution < -0.4 is 10.1 Å². The molecule has 0 aliphatic heterocycles. The molecule has 2 nitrogen and oxygen atoms in total. The lowest BCUT2D eigenvalue weighted by atomic mass is 10.1. The Labute approximate surface area is 125 Å². The van der Waals surface area contributed by atoms with Crippen LogP contribution in [0.15, 0.2) is 41.8 Å². The topological polar surface area (TPSA) is 21.3 Å². The molecular weight excluding hydrogens is 266 g/mol. The van der Waals surface area contributed by atoms with Gasteiger partial charge in [-0.3, -0.25) is 0 Å². The Morgan fingerprint density at radius 2 is 1.90 bits per heavy atom. The zero-order valence-corrected chi connectivity index (χ0v) is 13.2. The molecule has 1 heterocycles. The van der Waals surface area contributed by atoms with Crippen molar-refractivity contribution in [2.45, 2.75) is 38.8 Å². The van der Waals surface area contributed by atoms with Gasteiger partial charge in [-0.25, -0.2) is 0 Å². The Hall–Kier alpha value is -1.32. The highest BCUT2D eigenvalue weighted by molar-refractivity contribution is 7.10. The molecule has 0 bridgehead atoms. The molecule has 0 saturated heterocycles. The fraction of sp³-hybridized carbons (Fsp3) is 0.412. The molecule has 1 aromatic carbocycles. The number of thiophene rings is 1. The van der Waals surface area contributed by atoms with Crippen molar-refractivity contribution >= 4 is 11.3 Å². The van der Waals surface area contributed by atoms with Crippen molar-refractivity contribution in [1.82, 2.24) is 5.32 Å². The van der Waals surface area contributed by atoms with Crippen LogP contribution in [-0.4, -0.2) is 13.2 Å². The lowest BCUT2D eigenvalue weighted by molar-refractivity contribution is 0.414. The Balaban J connectivity index is 1.78. The van der Waals surface area contributed by atoms with E-state index in [0.29, 0.717) is 12.1 Å². The summed E-state index contributed by atoms with van der Waals surface area (Å²) in [7, 11) is 1.70. The van der Waals surface area contributed by atoms with Gasteiger partial charge in [-0.05, 0) is 55.8 Å². The number of methoxy groups -OCH3 is 1. The van der Waals surface area contributed by atoms with Crippen molar-refractivity contribution < 1.29 is 4.74 Å². The van der Waals surface area contributed by atoms with Gasteiger partial charge in [0.2, 0.25) is 0 Å². The lowest BCUT2D eigenvalue weighted by Crippen LogP contribution is -2.28. The Morgan fingerprint density at radius 1 is 1.15 bits per heavy atom. The van der Waals surface area contributed by atoms with Crippen molar-refractivity contribution in [2.24, 2.45) is 0 Å². The van der Waals surface area contributed by atoms with E-state index in [1.165, 1.54) is 10.4 Å². The van der Waals surface area contributed by atoms with Crippen LogP contribution >= 0.6 is 11.3 Å². The molecule has 1 aromatic heterocycles. The molecule has 0 spiro atoms. The van der Waals surface area contributed by atoms with Crippen LogP contribution in [-0.2, 0) is 6.42 Å². The summed E-state index contributed by atoms with van der Waals surface area (Å²) >= 11 is 1.82. The number of ether oxygens (including phenoxy) is 1. The number of nitrogens with one attached hydrogen (secondary N) is 1. The maximum Gasteiger partial charge on any atom is 0.118 e. The van der Waals surface area contributed by atoms with Crippen LogP contribution in [0.5, 0.6) is 5.75 Å². The predicted octanol–water partition coefficient (Wildman–Crippen LogP) is 4.43. The van der Waals surface area contributed by atoms with Crippen LogP contribution in [0.25, 0.3) is 0 Å². The van der Waals surface area contributed by atoms with Gasteiger partial charge in [-0.15, -0.1) is 11.3 Å². The minimum absolute atomic E-state index is 0.431. The van der Waals surface area contributed by atoms with E-state index in [1.54, 1.807) is 7.11 Å². The molecule has 0 saturated carbocycles. The van der Waals surface area contributed by atoms with Gasteiger partial charge < -0.3 is 10.1 Å². The van der Waals surface area contributed by atoms with Crippen LogP contribution in [0, 0.1) is 0 Å². The second-order valence-corrected chi connectivity index (χ2v) is 6.17. The molecule has 20 heavy (non-hydrogen) atoms. The maximum absolute atomic E-state index is 5.18. The maximum atomic E-state index is 5.18. The van der Waals surface area contributed by atoms with Crippen LogP contribution in [0.1, 0.15) is 36.8 Å². The quantitative estimate of drug-likeness (QED) is 0.814. The van der Waals surface area contributed by atoms with E-state index in [-0.39, 0.29) is 0 Å². The normalized spacial score (nSPS) is 13.9. The number of hydrogen-bond acceptors (Lipinski definition) is 3. The van der Waals surface area contributed by atoms with Gasteiger partial charge in [0.05, 0.1) is 7.11 Å². The second-order valence-electron chi connectivity index (χ2n) is 5.19. The minimum Gasteiger partial charge on any atom is -0.497 e. The van der Waals surface area contributed by atoms with E-state index < -0.39 is 0 Å². The summed E-state index contributed by atoms with van der Waals surface area (Å²) in [5.41, 5.74) is 1.36. The zero-order chi connectivity index (χ0) is 14.4. The molecule has 0 fully saturated rings. The Bertz CT molecular complexity index is 492. The van der Waals surface area contributed by atoms with Crippen molar-refractivity contribution in [3.63, 3.8) is 0 Å². The SMILES string of the molecule is COc1ccc(CCC(C)NC(C)c2cccs2)cc1. The third kappa shape index (κ3) is 4.36. The van der Waals surface area contributed by atoms with Gasteiger partial charge >= 0.3 is 0 Å². The van der Waals surface area contributed by atoms with E-state index in [0.717, 1.165) is 18.6 Å². The summed E-state index contributed by atoms with van der Waals surface area (Å²) in [4.78, 5) is 1.40. The van der Waals surface area contributed by atoms with Gasteiger partial charge in [0.15, 0.2) is 0 Å². The summed E-state index contributed by atoms with van der Waals surface area (Å²) < 4.78 is 5.18. The van der Waals surface area contributed by atoms with Gasteiger partial charge in [-0.2, -0.15) is 0 Å². The largest absolute Gasteiger partial charge is 0.497 e. The first-order valence-corrected chi connectivity index (χ1v) is 7.99. The summed E-state index contributed by atoms with van der Waals surface area (Å²) in [5, 5.41) is 5.80. The highest BCUT2D eigenvalue weighted by Gasteiger charge is 2.10. The van der Waals surface area contributed by atoms with E-state index >= 15 is 0 Å². The first-order valence-electron chi connectivity index (χ1n) is 7.11. The first kappa shape index (κ1) is 15.1. The lowest BCUT2D eigenvalue weighted by Gasteiger charge is -2.19. The van der Waals surface area contributed by atoms with Gasteiger partial charge in [0.1, 0.15) is 5.75 Å². The summed E-state index contributed by atoms with van der Waals surface area (Å²) in [6, 6.07) is 13.6. The predicted molar refractivity (Wildman–Crippen MR) is 86.6 cm³/mol. The molecule has 2 atom stereocenters. The fourth-order valence-electron chi connectivity index (χ4n) is 2.31. The molecule has 0 aliphatic carbocycles. The van der Waals surface area contributed by atoms with E-state index in [1.807, 2.05) is 23.5 Å². The van der Waals surface area contributed by atoms with Crippen molar-refractivity contribution in [3.8, 4) is 5.75 Å². The number of aryl methyl sites for hydroxylation is 1. The van der Waals surface area contributed by atoms with E-state index in [9.17, 15) is 0 Å². The number of rotatable bonds is 7. The van der Waals surface area contributed by atoms with E-state index in [2.05, 4.69) is 48.8 Å². The molecule has 1 N–H and O–H groups in total. The number of hydrogen-bond donors (Lipinski definition) is 1. The van der Waals surface area contributed by atoms with Crippen LogP contribution in [0.2, 0.25) is 0 Å². The minimum atomic E-state index is 0.431. The van der Waals surface area contributed by atoms with Gasteiger partial charge in [0, 0.05) is 17.0 Å². The standard InChI is InChI=1S/C17H23NOS/c1-13(18-14(2)17-5-4-12-20-17)6-7-15-8-10-16(19-3)11-9-15/h4-5,8-14,18H,6-7H2,1-3H3. The highest BCUT2D eigenvalue weighted by Crippen LogP contribution is 2.19. The van der Waals surface area contributed by atoms with E-state index in [4.69, 9.17) is 4.74 Å². The summed E-state index contributed by atoms with van der Waals surface area (Å²) in [5.74, 6) is 0.922. The molecule has 0 aliphatic rings. The molecule has 2 unspecified atom stereocenters. The van der Waals surface area contributed by atoms with Crippen LogP contribution in [0.4, 0.5) is 0 Å². The van der Waals surface area contributed by atoms with Gasteiger partial charge in [0.25, 0.3) is 0 Å². The Morgan fingerprint density at radius 3 is 2.50 bits per heavy atom. The van der Waals surface area contributed by atoms with Crippen molar-refractivity contribution in [2.75, 3.05) is 7.11 Å². The second kappa shape index (κ2) is 7.46. The first-order chi connectivity index (χ1) is 9.69. The fourth-order valence-corrected chi connectivity index (χ4v) is 3.05. The Kier molecular flexibility index (Phi) is 5.62. The third-order valence-corrected chi connectivity index (χ3v) is 4.58. The average molecular weight is 289 g/mol. The van der Waals surface area contributed by atoms with Crippen molar-refractivity contribution in [1.29, 1.82) is 0 Å². The third-order valence-electron chi connectivity index (χ3n) is 3.53. The summed E-state index contributed by atoms with van der Waals surface area (Å²) in [6.45, 7) is 4.49. The highest BCUT2D eigenvalue weighted by atomic mass is 32.1. The molecule has 0 radical (unpaired) electrons. The molecular formula is C17H23NOS. The van der Waals surface area contributed by atoms with Crippen LogP contribution in [0.3, 0.4) is 0 Å². The van der Waals surface area contributed by atoms with Gasteiger partial charge in [-0.1, -0.05) is 18.2 Å². The molecule has 2 rings (SSSR count). The zero-order valence-electron chi connectivity index (χ0n) is 12.4. The average Bonchev–Trinajstić information content (AvgIpc) is 3.00. The molecule has 2 aromatic rings. The smallest absolute Gasteiger partial charge is 0.118 e. The molecule has 3 heteroatoms. The molecule has 0 amide bonds.